The van der Waals surface area contributed by atoms with Crippen molar-refractivity contribution in [1.82, 2.24) is 15.4 Å². The zero-order valence-electron chi connectivity index (χ0n) is 11.4. The van der Waals surface area contributed by atoms with Crippen LogP contribution in [0.25, 0.3) is 0 Å². The van der Waals surface area contributed by atoms with Gasteiger partial charge in [-0.1, -0.05) is 0 Å². The second-order valence-corrected chi connectivity index (χ2v) is 4.30. The van der Waals surface area contributed by atoms with Crippen molar-refractivity contribution in [2.75, 3.05) is 10.7 Å². The largest absolute Gasteiger partial charge is 0.338 e. The number of anilines is 2. The first-order valence-corrected chi connectivity index (χ1v) is 6.04. The molecule has 0 aliphatic heterocycles. The van der Waals surface area contributed by atoms with Crippen molar-refractivity contribution in [3.63, 3.8) is 0 Å². The Bertz CT molecular complexity index is 657. The minimum absolute atomic E-state index is 0.142. The summed E-state index contributed by atoms with van der Waals surface area (Å²) in [5, 5.41) is 2.23. The van der Waals surface area contributed by atoms with Crippen LogP contribution in [0.5, 0.6) is 0 Å². The van der Waals surface area contributed by atoms with Crippen LogP contribution in [0.3, 0.4) is 0 Å². The monoisotopic (exact) mass is 293 g/mol. The average molecular weight is 293 g/mol. The highest BCUT2D eigenvalue weighted by Crippen LogP contribution is 2.14. The predicted octanol–water partition coefficient (Wildman–Crippen LogP) is 2.52. The number of carbonyl (C=O) groups excluding carboxylic acids is 1. The van der Waals surface area contributed by atoms with Crippen molar-refractivity contribution in [2.45, 2.75) is 13.8 Å². The lowest BCUT2D eigenvalue weighted by molar-refractivity contribution is 0.253. The summed E-state index contributed by atoms with van der Waals surface area (Å²) in [6, 6.07) is 3.88. The number of aromatic nitrogens is 2. The molecule has 2 amide bonds. The number of hydrogen-bond acceptors (Lipinski definition) is 4. The molecule has 0 atom stereocenters. The van der Waals surface area contributed by atoms with Gasteiger partial charge in [0.15, 0.2) is 0 Å². The van der Waals surface area contributed by atoms with Crippen LogP contribution in [0.1, 0.15) is 11.4 Å². The summed E-state index contributed by atoms with van der Waals surface area (Å²) in [5.41, 5.74) is 6.08. The summed E-state index contributed by atoms with van der Waals surface area (Å²) < 4.78 is 26.1. The Morgan fingerprint density at radius 1 is 1.10 bits per heavy atom. The Kier molecular flexibility index (Phi) is 4.27. The zero-order chi connectivity index (χ0) is 15.4. The molecule has 1 aromatic carbocycles. The van der Waals surface area contributed by atoms with Gasteiger partial charge in [0.25, 0.3) is 0 Å². The highest BCUT2D eigenvalue weighted by molar-refractivity contribution is 5.89. The van der Waals surface area contributed by atoms with E-state index in [2.05, 4.69) is 26.1 Å². The summed E-state index contributed by atoms with van der Waals surface area (Å²) in [7, 11) is 0. The smallest absolute Gasteiger partial charge is 0.304 e. The number of urea groups is 1. The second-order valence-electron chi connectivity index (χ2n) is 4.30. The molecule has 8 heteroatoms. The van der Waals surface area contributed by atoms with Gasteiger partial charge in [0.2, 0.25) is 5.95 Å². The Morgan fingerprint density at radius 3 is 2.38 bits per heavy atom. The summed E-state index contributed by atoms with van der Waals surface area (Å²) >= 11 is 0. The predicted molar refractivity (Wildman–Crippen MR) is 73.6 cm³/mol. The number of amides is 2. The fourth-order valence-electron chi connectivity index (χ4n) is 1.64. The number of aryl methyl sites for hydroxylation is 2. The fraction of sp³-hybridized carbons (Fsp3) is 0.154. The maximum Gasteiger partial charge on any atom is 0.338 e. The molecule has 21 heavy (non-hydrogen) atoms. The van der Waals surface area contributed by atoms with E-state index in [1.54, 1.807) is 19.9 Å². The zero-order valence-corrected chi connectivity index (χ0v) is 11.4. The van der Waals surface area contributed by atoms with Crippen molar-refractivity contribution >= 4 is 17.7 Å². The van der Waals surface area contributed by atoms with Gasteiger partial charge in [-0.3, -0.25) is 5.43 Å². The van der Waals surface area contributed by atoms with Crippen LogP contribution in [0, 0.1) is 25.5 Å². The van der Waals surface area contributed by atoms with Gasteiger partial charge in [0, 0.05) is 17.5 Å². The first-order valence-electron chi connectivity index (χ1n) is 6.04. The van der Waals surface area contributed by atoms with E-state index >= 15 is 0 Å². The third-order valence-electron chi connectivity index (χ3n) is 2.45. The first-order chi connectivity index (χ1) is 9.94. The molecular formula is C13H13F2N5O. The van der Waals surface area contributed by atoms with Gasteiger partial charge in [0.1, 0.15) is 11.6 Å². The van der Waals surface area contributed by atoms with Crippen LogP contribution in [-0.2, 0) is 0 Å². The summed E-state index contributed by atoms with van der Waals surface area (Å²) in [4.78, 5) is 19.7. The van der Waals surface area contributed by atoms with Crippen molar-refractivity contribution in [2.24, 2.45) is 0 Å². The maximum absolute atomic E-state index is 13.4. The Balaban J connectivity index is 1.95. The molecule has 2 aromatic rings. The van der Waals surface area contributed by atoms with Gasteiger partial charge in [-0.05, 0) is 32.0 Å². The number of rotatable bonds is 3. The molecule has 6 nitrogen and oxygen atoms in total. The molecule has 3 N–H and O–H groups in total. The SMILES string of the molecule is Cc1cc(C)nc(NNC(=O)Nc2ccc(F)cc2F)n1. The van der Waals surface area contributed by atoms with Crippen LogP contribution in [0.4, 0.5) is 25.2 Å². The van der Waals surface area contributed by atoms with Crippen molar-refractivity contribution in [3.8, 4) is 0 Å². The van der Waals surface area contributed by atoms with Crippen molar-refractivity contribution in [3.05, 3.63) is 47.3 Å². The third kappa shape index (κ3) is 4.10. The third-order valence-corrected chi connectivity index (χ3v) is 2.45. The maximum atomic E-state index is 13.4. The molecular weight excluding hydrogens is 280 g/mol. The number of halogens is 2. The second kappa shape index (κ2) is 6.12. The van der Waals surface area contributed by atoms with Crippen LogP contribution in [0.15, 0.2) is 24.3 Å². The minimum atomic E-state index is -0.868. The average Bonchev–Trinajstić information content (AvgIpc) is 2.39. The molecule has 0 saturated heterocycles. The van der Waals surface area contributed by atoms with Crippen LogP contribution < -0.4 is 16.2 Å². The molecule has 2 rings (SSSR count). The van der Waals surface area contributed by atoms with Gasteiger partial charge < -0.3 is 5.32 Å². The number of hydrogen-bond donors (Lipinski definition) is 3. The van der Waals surface area contributed by atoms with E-state index in [-0.39, 0.29) is 11.6 Å². The van der Waals surface area contributed by atoms with Gasteiger partial charge in [-0.2, -0.15) is 0 Å². The molecule has 0 unspecified atom stereocenters. The van der Waals surface area contributed by atoms with Crippen LogP contribution in [0.2, 0.25) is 0 Å². The lowest BCUT2D eigenvalue weighted by Crippen LogP contribution is -2.34. The molecule has 0 aliphatic rings. The number of hydrazine groups is 1. The summed E-state index contributed by atoms with van der Waals surface area (Å²) in [5.74, 6) is -1.38. The Hall–Kier alpha value is -2.77. The quantitative estimate of drug-likeness (QED) is 0.760. The van der Waals surface area contributed by atoms with E-state index in [0.717, 1.165) is 23.5 Å². The Morgan fingerprint density at radius 2 is 1.76 bits per heavy atom. The molecule has 110 valence electrons. The Labute approximate surface area is 119 Å². The highest BCUT2D eigenvalue weighted by atomic mass is 19.1. The van der Waals surface area contributed by atoms with E-state index in [1.165, 1.54) is 0 Å². The molecule has 0 aliphatic carbocycles. The normalized spacial score (nSPS) is 10.1. The molecule has 0 bridgehead atoms. The van der Waals surface area contributed by atoms with E-state index in [4.69, 9.17) is 0 Å². The van der Waals surface area contributed by atoms with E-state index in [0.29, 0.717) is 6.07 Å². The topological polar surface area (TPSA) is 78.9 Å². The van der Waals surface area contributed by atoms with Gasteiger partial charge >= 0.3 is 6.03 Å². The fourth-order valence-corrected chi connectivity index (χ4v) is 1.64. The standard InChI is InChI=1S/C13H13F2N5O/c1-7-5-8(2)17-12(16-7)19-20-13(21)18-11-4-3-9(14)6-10(11)15/h3-6H,1-2H3,(H,16,17,19)(H2,18,20,21). The number of carbonyl (C=O) groups is 1. The van der Waals surface area contributed by atoms with Gasteiger partial charge in [-0.15, -0.1) is 0 Å². The minimum Gasteiger partial charge on any atom is -0.304 e. The van der Waals surface area contributed by atoms with Gasteiger partial charge in [0.05, 0.1) is 5.69 Å². The molecule has 0 radical (unpaired) electrons. The van der Waals surface area contributed by atoms with E-state index in [9.17, 15) is 13.6 Å². The van der Waals surface area contributed by atoms with Crippen LogP contribution in [-0.4, -0.2) is 16.0 Å². The van der Waals surface area contributed by atoms with Crippen molar-refractivity contribution in [1.29, 1.82) is 0 Å². The molecule has 1 aromatic heterocycles. The van der Waals surface area contributed by atoms with Crippen molar-refractivity contribution < 1.29 is 13.6 Å². The van der Waals surface area contributed by atoms with E-state index in [1.807, 2.05) is 0 Å². The summed E-state index contributed by atoms with van der Waals surface area (Å²) in [6.45, 7) is 3.57. The molecule has 0 spiro atoms. The molecule has 0 fully saturated rings. The first kappa shape index (κ1) is 14.6. The highest BCUT2D eigenvalue weighted by Gasteiger charge is 2.08. The lowest BCUT2D eigenvalue weighted by atomic mass is 10.3. The number of nitrogens with zero attached hydrogens (tertiary/aromatic N) is 2. The number of benzene rings is 1. The number of nitrogens with one attached hydrogen (secondary N) is 3. The molecule has 0 saturated carbocycles. The summed E-state index contributed by atoms with van der Waals surface area (Å²) in [6.07, 6.45) is 0. The van der Waals surface area contributed by atoms with Crippen LogP contribution >= 0.6 is 0 Å². The van der Waals surface area contributed by atoms with Gasteiger partial charge in [-0.25, -0.2) is 29.0 Å². The van der Waals surface area contributed by atoms with E-state index < -0.39 is 17.7 Å². The lowest BCUT2D eigenvalue weighted by Gasteiger charge is -2.10. The molecule has 1 heterocycles.